The van der Waals surface area contributed by atoms with Gasteiger partial charge in [-0.25, -0.2) is 0 Å². The van der Waals surface area contributed by atoms with Gasteiger partial charge in [0.25, 0.3) is 11.5 Å². The van der Waals surface area contributed by atoms with E-state index in [1.807, 2.05) is 37.3 Å². The number of carbonyl (C=O) groups is 2. The van der Waals surface area contributed by atoms with Crippen molar-refractivity contribution in [3.05, 3.63) is 91.1 Å². The molecule has 1 fully saturated rings. The minimum Gasteiger partial charge on any atom is -0.494 e. The highest BCUT2D eigenvalue weighted by atomic mass is 32.2. The molecule has 0 unspecified atom stereocenters. The van der Waals surface area contributed by atoms with Gasteiger partial charge in [-0.2, -0.15) is 5.26 Å². The van der Waals surface area contributed by atoms with Crippen molar-refractivity contribution in [1.29, 1.82) is 5.26 Å². The summed E-state index contributed by atoms with van der Waals surface area (Å²) in [6.45, 7) is 3.67. The molecule has 0 bridgehead atoms. The lowest BCUT2D eigenvalue weighted by Gasteiger charge is -2.17. The summed E-state index contributed by atoms with van der Waals surface area (Å²) in [5, 5.41) is 20.7. The third kappa shape index (κ3) is 5.62. The number of aromatic hydroxyl groups is 1. The Morgan fingerprint density at radius 1 is 1.15 bits per heavy atom. The minimum atomic E-state index is -0.699. The van der Waals surface area contributed by atoms with Crippen molar-refractivity contribution in [2.75, 3.05) is 13.3 Å². The number of amides is 1. The van der Waals surface area contributed by atoms with Crippen molar-refractivity contribution >= 4 is 46.1 Å². The molecule has 3 heterocycles. The van der Waals surface area contributed by atoms with Crippen molar-refractivity contribution in [3.8, 4) is 23.4 Å². The number of Topliss-reactive ketones (excluding diaryl/α,β-unsaturated/α-hetero) is 1. The Bertz CT molecular complexity index is 1720. The standard InChI is InChI=1S/C30H25N3O6S2/c1-17-5-7-19(8-6-17)13-25-28(36)32(30(40)41-25)11-3-4-22(34)26-18(2)21(14-31)27(35)33(29(26)37)15-20-9-10-23-24(12-20)39-16-38-23/h5-10,12-13,37H,3-4,11,15-16H2,1-2H3/b25-13-. The molecule has 2 aliphatic rings. The molecule has 2 aliphatic heterocycles. The highest BCUT2D eigenvalue weighted by Crippen LogP contribution is 2.34. The molecule has 1 amide bonds. The van der Waals surface area contributed by atoms with Gasteiger partial charge >= 0.3 is 0 Å². The zero-order valence-corrected chi connectivity index (χ0v) is 23.9. The summed E-state index contributed by atoms with van der Waals surface area (Å²) in [7, 11) is 0. The molecule has 11 heteroatoms. The van der Waals surface area contributed by atoms with Crippen molar-refractivity contribution < 1.29 is 24.2 Å². The Morgan fingerprint density at radius 2 is 1.88 bits per heavy atom. The number of aromatic nitrogens is 1. The van der Waals surface area contributed by atoms with Crippen LogP contribution in [0.1, 0.15) is 51.0 Å². The first-order valence-corrected chi connectivity index (χ1v) is 14.0. The van der Waals surface area contributed by atoms with E-state index in [0.29, 0.717) is 26.3 Å². The average Bonchev–Trinajstić information content (AvgIpc) is 3.52. The maximum atomic E-state index is 13.3. The number of ketones is 1. The number of benzene rings is 2. The first kappa shape index (κ1) is 28.1. The van der Waals surface area contributed by atoms with Crippen molar-refractivity contribution in [1.82, 2.24) is 9.47 Å². The lowest BCUT2D eigenvalue weighted by molar-refractivity contribution is -0.122. The fourth-order valence-electron chi connectivity index (χ4n) is 4.68. The first-order valence-electron chi connectivity index (χ1n) is 12.8. The van der Waals surface area contributed by atoms with Gasteiger partial charge < -0.3 is 14.6 Å². The van der Waals surface area contributed by atoms with Gasteiger partial charge in [0.15, 0.2) is 17.3 Å². The van der Waals surface area contributed by atoms with Crippen LogP contribution in [0.5, 0.6) is 17.4 Å². The molecule has 0 atom stereocenters. The Labute approximate surface area is 245 Å². The number of ether oxygens (including phenoxy) is 2. The smallest absolute Gasteiger partial charge is 0.271 e. The van der Waals surface area contributed by atoms with Gasteiger partial charge in [-0.15, -0.1) is 0 Å². The molecule has 3 aromatic rings. The third-order valence-electron chi connectivity index (χ3n) is 6.89. The van der Waals surface area contributed by atoms with Crippen LogP contribution in [-0.4, -0.2) is 43.9 Å². The fraction of sp³-hybridized carbons (Fsp3) is 0.233. The molecule has 9 nitrogen and oxygen atoms in total. The normalized spacial score (nSPS) is 15.0. The molecule has 0 spiro atoms. The molecule has 0 aliphatic carbocycles. The van der Waals surface area contributed by atoms with Crippen LogP contribution >= 0.6 is 24.0 Å². The number of nitriles is 1. The van der Waals surface area contributed by atoms with E-state index in [-0.39, 0.29) is 55.3 Å². The fourth-order valence-corrected chi connectivity index (χ4v) is 5.99. The van der Waals surface area contributed by atoms with Crippen LogP contribution in [-0.2, 0) is 11.3 Å². The van der Waals surface area contributed by atoms with Gasteiger partial charge in [0.1, 0.15) is 16.0 Å². The highest BCUT2D eigenvalue weighted by molar-refractivity contribution is 8.26. The van der Waals surface area contributed by atoms with Crippen LogP contribution in [0.2, 0.25) is 0 Å². The van der Waals surface area contributed by atoms with Crippen molar-refractivity contribution in [3.63, 3.8) is 0 Å². The summed E-state index contributed by atoms with van der Waals surface area (Å²) in [5.41, 5.74) is 1.73. The van der Waals surface area contributed by atoms with Crippen LogP contribution in [0.4, 0.5) is 0 Å². The number of thioether (sulfide) groups is 1. The molecule has 5 rings (SSSR count). The quantitative estimate of drug-likeness (QED) is 0.227. The topological polar surface area (TPSA) is 122 Å². The SMILES string of the molecule is Cc1ccc(/C=C2\SC(=S)N(CCCC(=O)c3c(C)c(C#N)c(=O)n(Cc4ccc5c(c4)OCO5)c3O)C2=O)cc1. The molecule has 208 valence electrons. The van der Waals surface area contributed by atoms with Gasteiger partial charge in [-0.1, -0.05) is 59.9 Å². The minimum absolute atomic E-state index is 0.0322. The predicted molar refractivity (Wildman–Crippen MR) is 158 cm³/mol. The average molecular weight is 588 g/mol. The number of hydrogen-bond donors (Lipinski definition) is 1. The highest BCUT2D eigenvalue weighted by Gasteiger charge is 2.32. The maximum absolute atomic E-state index is 13.3. The number of thiocarbonyl (C=S) groups is 1. The van der Waals surface area contributed by atoms with Crippen LogP contribution in [0.15, 0.2) is 52.2 Å². The predicted octanol–water partition coefficient (Wildman–Crippen LogP) is 4.68. The van der Waals surface area contributed by atoms with Crippen molar-refractivity contribution in [2.24, 2.45) is 0 Å². The first-order chi connectivity index (χ1) is 19.7. The number of rotatable bonds is 8. The van der Waals surface area contributed by atoms with E-state index in [2.05, 4.69) is 0 Å². The summed E-state index contributed by atoms with van der Waals surface area (Å²) in [4.78, 5) is 41.3. The molecule has 41 heavy (non-hydrogen) atoms. The lowest BCUT2D eigenvalue weighted by Crippen LogP contribution is -2.30. The number of hydrogen-bond acceptors (Lipinski definition) is 9. The summed E-state index contributed by atoms with van der Waals surface area (Å²) in [6, 6.07) is 14.7. The largest absolute Gasteiger partial charge is 0.494 e. The molecule has 2 aromatic carbocycles. The molecular formula is C30H25N3O6S2. The molecule has 1 saturated heterocycles. The molecule has 0 saturated carbocycles. The van der Waals surface area contributed by atoms with E-state index in [9.17, 15) is 24.8 Å². The summed E-state index contributed by atoms with van der Waals surface area (Å²) >= 11 is 6.62. The van der Waals surface area contributed by atoms with Gasteiger partial charge in [-0.3, -0.25) is 23.9 Å². The Hall–Kier alpha value is -4.40. The van der Waals surface area contributed by atoms with Gasteiger partial charge in [0, 0.05) is 13.0 Å². The van der Waals surface area contributed by atoms with E-state index >= 15 is 0 Å². The second kappa shape index (κ2) is 11.6. The van der Waals surface area contributed by atoms with Gasteiger partial charge in [0.05, 0.1) is 17.0 Å². The van der Waals surface area contributed by atoms with Crippen LogP contribution in [0.3, 0.4) is 0 Å². The van der Waals surface area contributed by atoms with E-state index in [4.69, 9.17) is 21.7 Å². The van der Waals surface area contributed by atoms with Crippen LogP contribution in [0, 0.1) is 25.2 Å². The molecule has 0 radical (unpaired) electrons. The monoisotopic (exact) mass is 587 g/mol. The zero-order valence-electron chi connectivity index (χ0n) is 22.3. The number of pyridine rings is 1. The molecule has 1 aromatic heterocycles. The van der Waals surface area contributed by atoms with E-state index in [0.717, 1.165) is 15.7 Å². The number of carbonyl (C=O) groups excluding carboxylic acids is 2. The summed E-state index contributed by atoms with van der Waals surface area (Å²) in [6.07, 6.45) is 2.03. The third-order valence-corrected chi connectivity index (χ3v) is 8.27. The summed E-state index contributed by atoms with van der Waals surface area (Å²) in [5.74, 6) is -0.119. The van der Waals surface area contributed by atoms with Gasteiger partial charge in [0.2, 0.25) is 12.7 Å². The Balaban J connectivity index is 1.32. The maximum Gasteiger partial charge on any atom is 0.271 e. The molecule has 1 N–H and O–H groups in total. The Morgan fingerprint density at radius 3 is 2.61 bits per heavy atom. The number of nitrogens with zero attached hydrogens (tertiary/aromatic N) is 3. The number of aryl methyl sites for hydroxylation is 1. The molecular weight excluding hydrogens is 562 g/mol. The zero-order chi connectivity index (χ0) is 29.3. The lowest BCUT2D eigenvalue weighted by atomic mass is 9.98. The van der Waals surface area contributed by atoms with E-state index in [1.54, 1.807) is 24.3 Å². The number of fused-ring (bicyclic) bond motifs is 1. The van der Waals surface area contributed by atoms with Crippen LogP contribution in [0.25, 0.3) is 6.08 Å². The van der Waals surface area contributed by atoms with E-state index in [1.165, 1.54) is 23.6 Å². The van der Waals surface area contributed by atoms with Crippen molar-refractivity contribution in [2.45, 2.75) is 33.2 Å². The van der Waals surface area contributed by atoms with E-state index < -0.39 is 17.2 Å². The second-order valence-corrected chi connectivity index (χ2v) is 11.3. The van der Waals surface area contributed by atoms with Gasteiger partial charge in [-0.05, 0) is 55.2 Å². The summed E-state index contributed by atoms with van der Waals surface area (Å²) < 4.78 is 12.1. The second-order valence-electron chi connectivity index (χ2n) is 9.66. The van der Waals surface area contributed by atoms with Crippen LogP contribution < -0.4 is 15.0 Å². The Kier molecular flexibility index (Phi) is 7.97.